The first-order valence-corrected chi connectivity index (χ1v) is 5.66. The molecule has 0 fully saturated rings. The molecule has 2 nitrogen and oxygen atoms in total. The lowest BCUT2D eigenvalue weighted by Gasteiger charge is -2.01. The molecule has 0 atom stereocenters. The highest BCUT2D eigenvalue weighted by Crippen LogP contribution is 2.20. The maximum Gasteiger partial charge on any atom is 0.147 e. The summed E-state index contributed by atoms with van der Waals surface area (Å²) in [6.45, 7) is 0. The van der Waals surface area contributed by atoms with Crippen LogP contribution in [-0.4, -0.2) is 11.1 Å². The molecular weight excluding hydrogens is 298 g/mol. The van der Waals surface area contributed by atoms with Crippen molar-refractivity contribution in [2.45, 2.75) is 6.42 Å². The minimum atomic E-state index is 0.164. The van der Waals surface area contributed by atoms with Gasteiger partial charge in [0.15, 0.2) is 0 Å². The first-order valence-electron chi connectivity index (χ1n) is 3.75. The molecule has 1 rings (SSSR count). The molecule has 0 aliphatic heterocycles. The van der Waals surface area contributed by atoms with Gasteiger partial charge in [0.2, 0.25) is 0 Å². The summed E-state index contributed by atoms with van der Waals surface area (Å²) < 4.78 is 0.840. The van der Waals surface area contributed by atoms with Crippen molar-refractivity contribution in [2.75, 3.05) is 11.1 Å². The van der Waals surface area contributed by atoms with Crippen LogP contribution in [0.3, 0.4) is 0 Å². The maximum atomic E-state index is 11.1. The van der Waals surface area contributed by atoms with E-state index < -0.39 is 0 Å². The van der Waals surface area contributed by atoms with Gasteiger partial charge < -0.3 is 5.73 Å². The molecule has 2 N–H and O–H groups in total. The average Bonchev–Trinajstić information content (AvgIpc) is 2.11. The van der Waals surface area contributed by atoms with Crippen LogP contribution in [-0.2, 0) is 11.2 Å². The number of hydrogen-bond donors (Lipinski definition) is 1. The Morgan fingerprint density at radius 1 is 1.46 bits per heavy atom. The minimum Gasteiger partial charge on any atom is -0.398 e. The minimum absolute atomic E-state index is 0.164. The molecule has 0 bridgehead atoms. The second-order valence-electron chi connectivity index (χ2n) is 2.70. The van der Waals surface area contributed by atoms with E-state index in [-0.39, 0.29) is 5.78 Å². The number of rotatable bonds is 3. The van der Waals surface area contributed by atoms with Crippen molar-refractivity contribution in [3.05, 3.63) is 28.2 Å². The van der Waals surface area contributed by atoms with Crippen LogP contribution in [0.15, 0.2) is 22.7 Å². The first-order chi connectivity index (χ1) is 6.13. The number of nitrogens with two attached hydrogens (primary N) is 1. The number of hydrogen-bond acceptors (Lipinski definition) is 2. The van der Waals surface area contributed by atoms with E-state index in [1.165, 1.54) is 0 Å². The molecule has 4 heteroatoms. The number of benzene rings is 1. The maximum absolute atomic E-state index is 11.1. The number of carbonyl (C=O) groups is 1. The standard InChI is InChI=1S/C9H9Br2NO/c10-5-7(13)3-6-1-2-9(12)8(11)4-6/h1-2,4H,3,5,12H2. The fourth-order valence-electron chi connectivity index (χ4n) is 0.956. The molecule has 0 aliphatic rings. The molecule has 1 aromatic carbocycles. The lowest BCUT2D eigenvalue weighted by molar-refractivity contribution is -0.115. The summed E-state index contributed by atoms with van der Waals surface area (Å²) in [6, 6.07) is 5.53. The lowest BCUT2D eigenvalue weighted by atomic mass is 10.1. The van der Waals surface area contributed by atoms with Crippen molar-refractivity contribution in [3.63, 3.8) is 0 Å². The van der Waals surface area contributed by atoms with Crippen LogP contribution in [0.1, 0.15) is 5.56 Å². The fraction of sp³-hybridized carbons (Fsp3) is 0.222. The second-order valence-corrected chi connectivity index (χ2v) is 4.12. The van der Waals surface area contributed by atoms with Gasteiger partial charge in [0.25, 0.3) is 0 Å². The zero-order valence-corrected chi connectivity index (χ0v) is 10.1. The molecule has 0 amide bonds. The van der Waals surface area contributed by atoms with Crippen LogP contribution in [0.25, 0.3) is 0 Å². The largest absolute Gasteiger partial charge is 0.398 e. The highest BCUT2D eigenvalue weighted by Gasteiger charge is 2.03. The van der Waals surface area contributed by atoms with E-state index in [2.05, 4.69) is 31.9 Å². The summed E-state index contributed by atoms with van der Waals surface area (Å²) in [5.74, 6) is 0.164. The summed E-state index contributed by atoms with van der Waals surface area (Å²) in [6.07, 6.45) is 0.449. The number of halogens is 2. The lowest BCUT2D eigenvalue weighted by Crippen LogP contribution is -2.03. The smallest absolute Gasteiger partial charge is 0.147 e. The number of nitrogen functional groups attached to an aromatic ring is 1. The number of carbonyl (C=O) groups excluding carboxylic acids is 1. The highest BCUT2D eigenvalue weighted by atomic mass is 79.9. The van der Waals surface area contributed by atoms with E-state index >= 15 is 0 Å². The summed E-state index contributed by atoms with van der Waals surface area (Å²) in [7, 11) is 0. The van der Waals surface area contributed by atoms with Gasteiger partial charge in [0.1, 0.15) is 5.78 Å². The number of Topliss-reactive ketones (excluding diaryl/α,β-unsaturated/α-hetero) is 1. The van der Waals surface area contributed by atoms with Gasteiger partial charge in [-0.1, -0.05) is 22.0 Å². The van der Waals surface area contributed by atoms with E-state index in [1.54, 1.807) is 6.07 Å². The second kappa shape index (κ2) is 4.77. The quantitative estimate of drug-likeness (QED) is 0.689. The van der Waals surface area contributed by atoms with Gasteiger partial charge in [-0.2, -0.15) is 0 Å². The zero-order chi connectivity index (χ0) is 9.84. The van der Waals surface area contributed by atoms with Gasteiger partial charge >= 0.3 is 0 Å². The molecule has 0 aromatic heterocycles. The van der Waals surface area contributed by atoms with E-state index in [4.69, 9.17) is 5.73 Å². The summed E-state index contributed by atoms with van der Waals surface area (Å²) in [5.41, 5.74) is 7.28. The monoisotopic (exact) mass is 305 g/mol. The molecule has 70 valence electrons. The van der Waals surface area contributed by atoms with Gasteiger partial charge in [0, 0.05) is 16.6 Å². The van der Waals surface area contributed by atoms with Crippen LogP contribution in [0.4, 0.5) is 5.69 Å². The van der Waals surface area contributed by atoms with Gasteiger partial charge in [-0.25, -0.2) is 0 Å². The number of ketones is 1. The number of anilines is 1. The Morgan fingerprint density at radius 3 is 2.69 bits per heavy atom. The Bertz CT molecular complexity index is 325. The van der Waals surface area contributed by atoms with Crippen molar-refractivity contribution in [1.29, 1.82) is 0 Å². The topological polar surface area (TPSA) is 43.1 Å². The van der Waals surface area contributed by atoms with Gasteiger partial charge in [0.05, 0.1) is 5.33 Å². The summed E-state index contributed by atoms with van der Waals surface area (Å²) in [5, 5.41) is 0.398. The van der Waals surface area contributed by atoms with Gasteiger partial charge in [-0.3, -0.25) is 4.79 Å². The molecule has 0 heterocycles. The van der Waals surface area contributed by atoms with Crippen molar-refractivity contribution in [3.8, 4) is 0 Å². The summed E-state index contributed by atoms with van der Waals surface area (Å²) in [4.78, 5) is 11.1. The van der Waals surface area contributed by atoms with E-state index in [9.17, 15) is 4.79 Å². The van der Waals surface area contributed by atoms with Crippen LogP contribution >= 0.6 is 31.9 Å². The first kappa shape index (κ1) is 10.7. The third-order valence-corrected chi connectivity index (χ3v) is 2.93. The van der Waals surface area contributed by atoms with E-state index in [0.29, 0.717) is 17.4 Å². The van der Waals surface area contributed by atoms with Crippen LogP contribution in [0.2, 0.25) is 0 Å². The van der Waals surface area contributed by atoms with E-state index in [0.717, 1.165) is 10.0 Å². The Balaban J connectivity index is 2.79. The molecule has 0 aliphatic carbocycles. The third-order valence-electron chi connectivity index (χ3n) is 1.62. The third kappa shape index (κ3) is 3.12. The van der Waals surface area contributed by atoms with Crippen molar-refractivity contribution >= 4 is 43.3 Å². The SMILES string of the molecule is Nc1ccc(CC(=O)CBr)cc1Br. The summed E-state index contributed by atoms with van der Waals surface area (Å²) >= 11 is 6.43. The Labute approximate surface area is 93.8 Å². The Morgan fingerprint density at radius 2 is 2.15 bits per heavy atom. The molecule has 0 radical (unpaired) electrons. The zero-order valence-electron chi connectivity index (χ0n) is 6.89. The number of alkyl halides is 1. The highest BCUT2D eigenvalue weighted by molar-refractivity contribution is 9.10. The van der Waals surface area contributed by atoms with E-state index in [1.807, 2.05) is 12.1 Å². The van der Waals surface area contributed by atoms with Crippen LogP contribution in [0.5, 0.6) is 0 Å². The average molecular weight is 307 g/mol. The van der Waals surface area contributed by atoms with Crippen LogP contribution < -0.4 is 5.73 Å². The normalized spacial score (nSPS) is 10.0. The van der Waals surface area contributed by atoms with Gasteiger partial charge in [-0.05, 0) is 33.6 Å². The Kier molecular flexibility index (Phi) is 3.93. The molecular formula is C9H9Br2NO. The molecule has 0 saturated heterocycles. The Hall–Kier alpha value is -0.350. The molecule has 0 unspecified atom stereocenters. The van der Waals surface area contributed by atoms with Gasteiger partial charge in [-0.15, -0.1) is 0 Å². The molecule has 0 saturated carbocycles. The molecule has 0 spiro atoms. The predicted octanol–water partition coefficient (Wildman–Crippen LogP) is 2.54. The predicted molar refractivity (Wildman–Crippen MR) is 61.1 cm³/mol. The van der Waals surface area contributed by atoms with Crippen molar-refractivity contribution < 1.29 is 4.79 Å². The van der Waals surface area contributed by atoms with Crippen LogP contribution in [0, 0.1) is 0 Å². The van der Waals surface area contributed by atoms with Crippen molar-refractivity contribution in [1.82, 2.24) is 0 Å². The molecule has 13 heavy (non-hydrogen) atoms. The van der Waals surface area contributed by atoms with Crippen molar-refractivity contribution in [2.24, 2.45) is 0 Å². The molecule has 1 aromatic rings. The fourth-order valence-corrected chi connectivity index (χ4v) is 1.58.